The molecule has 0 unspecified atom stereocenters. The Balaban J connectivity index is 2.03. The lowest BCUT2D eigenvalue weighted by atomic mass is 10.1. The molecule has 0 aliphatic heterocycles. The van der Waals surface area contributed by atoms with Crippen LogP contribution in [0.1, 0.15) is 30.9 Å². The highest BCUT2D eigenvalue weighted by Crippen LogP contribution is 2.27. The number of rotatable bonds is 5. The Kier molecular flexibility index (Phi) is 4.55. The average molecular weight is 282 g/mol. The molecule has 0 bridgehead atoms. The molecular formula is C13H16ClN3S. The third-order valence-electron chi connectivity index (χ3n) is 2.70. The molecule has 0 amide bonds. The van der Waals surface area contributed by atoms with Crippen molar-refractivity contribution >= 4 is 28.8 Å². The number of anilines is 1. The van der Waals surface area contributed by atoms with Gasteiger partial charge in [-0.3, -0.25) is 0 Å². The van der Waals surface area contributed by atoms with E-state index in [0.717, 1.165) is 24.3 Å². The summed E-state index contributed by atoms with van der Waals surface area (Å²) in [6.07, 6.45) is 2.49. The van der Waals surface area contributed by atoms with Crippen LogP contribution in [-0.4, -0.2) is 16.5 Å². The first kappa shape index (κ1) is 13.3. The number of nitrogens with zero attached hydrogens (tertiary/aromatic N) is 2. The summed E-state index contributed by atoms with van der Waals surface area (Å²) in [5, 5.41) is 8.14. The second kappa shape index (κ2) is 6.16. The largest absolute Gasteiger partial charge is 0.369 e. The van der Waals surface area contributed by atoms with Crippen molar-refractivity contribution in [2.24, 2.45) is 0 Å². The zero-order valence-corrected chi connectivity index (χ0v) is 12.1. The normalized spacial score (nSPS) is 10.9. The first-order chi connectivity index (χ1) is 8.68. The highest BCUT2D eigenvalue weighted by Gasteiger charge is 2.12. The van der Waals surface area contributed by atoms with Crippen LogP contribution in [-0.2, 0) is 6.42 Å². The Bertz CT molecular complexity index is 497. The second-order valence-electron chi connectivity index (χ2n) is 4.39. The number of aromatic nitrogens is 2. The Morgan fingerprint density at radius 2 is 2.22 bits per heavy atom. The minimum absolute atomic E-state index is 0.308. The van der Waals surface area contributed by atoms with Gasteiger partial charge in [0.1, 0.15) is 17.3 Å². The first-order valence-electron chi connectivity index (χ1n) is 5.94. The molecule has 1 N–H and O–H groups in total. The maximum absolute atomic E-state index is 6.11. The van der Waals surface area contributed by atoms with E-state index in [1.54, 1.807) is 11.3 Å². The van der Waals surface area contributed by atoms with Gasteiger partial charge in [-0.1, -0.05) is 25.4 Å². The van der Waals surface area contributed by atoms with Crippen LogP contribution in [0.15, 0.2) is 23.2 Å². The number of thiophene rings is 1. The molecule has 2 aromatic heterocycles. The van der Waals surface area contributed by atoms with E-state index in [2.05, 4.69) is 46.0 Å². The SMILES string of the molecule is CC(C)c1c(Cl)ncnc1NCCc1ccsc1. The van der Waals surface area contributed by atoms with Crippen molar-refractivity contribution in [3.8, 4) is 0 Å². The van der Waals surface area contributed by atoms with Crippen LogP contribution in [0.25, 0.3) is 0 Å². The predicted molar refractivity (Wildman–Crippen MR) is 77.6 cm³/mol. The summed E-state index contributed by atoms with van der Waals surface area (Å²) in [5.74, 6) is 1.16. The van der Waals surface area contributed by atoms with Gasteiger partial charge in [0, 0.05) is 12.1 Å². The lowest BCUT2D eigenvalue weighted by Gasteiger charge is -2.13. The molecule has 0 aliphatic carbocycles. The van der Waals surface area contributed by atoms with Crippen molar-refractivity contribution in [3.05, 3.63) is 39.4 Å². The minimum atomic E-state index is 0.308. The third kappa shape index (κ3) is 3.21. The van der Waals surface area contributed by atoms with Gasteiger partial charge in [-0.05, 0) is 34.7 Å². The fraction of sp³-hybridized carbons (Fsp3) is 0.385. The molecule has 96 valence electrons. The Morgan fingerprint density at radius 1 is 1.39 bits per heavy atom. The molecule has 0 atom stereocenters. The summed E-state index contributed by atoms with van der Waals surface area (Å²) in [6.45, 7) is 5.03. The van der Waals surface area contributed by atoms with Crippen LogP contribution in [0.5, 0.6) is 0 Å². The standard InChI is InChI=1S/C13H16ClN3S/c1-9(2)11-12(14)16-8-17-13(11)15-5-3-10-4-6-18-7-10/h4,6-9H,3,5H2,1-2H3,(H,15,16,17). The van der Waals surface area contributed by atoms with Crippen molar-refractivity contribution < 1.29 is 0 Å². The summed E-state index contributed by atoms with van der Waals surface area (Å²) < 4.78 is 0. The summed E-state index contributed by atoms with van der Waals surface area (Å²) in [4.78, 5) is 8.31. The molecule has 0 saturated carbocycles. The Morgan fingerprint density at radius 3 is 2.89 bits per heavy atom. The third-order valence-corrected chi connectivity index (χ3v) is 3.73. The monoisotopic (exact) mass is 281 g/mol. The molecule has 2 heterocycles. The quantitative estimate of drug-likeness (QED) is 0.843. The highest BCUT2D eigenvalue weighted by atomic mass is 35.5. The van der Waals surface area contributed by atoms with Crippen LogP contribution in [0.2, 0.25) is 5.15 Å². The maximum Gasteiger partial charge on any atom is 0.138 e. The molecule has 0 saturated heterocycles. The van der Waals surface area contributed by atoms with Gasteiger partial charge >= 0.3 is 0 Å². The zero-order valence-electron chi connectivity index (χ0n) is 10.5. The summed E-state index contributed by atoms with van der Waals surface area (Å²) in [5.41, 5.74) is 2.34. The molecule has 2 aromatic rings. The second-order valence-corrected chi connectivity index (χ2v) is 5.53. The van der Waals surface area contributed by atoms with Gasteiger partial charge in [-0.2, -0.15) is 11.3 Å². The molecule has 5 heteroatoms. The first-order valence-corrected chi connectivity index (χ1v) is 7.26. The number of halogens is 1. The van der Waals surface area contributed by atoms with Crippen LogP contribution >= 0.6 is 22.9 Å². The number of hydrogen-bond acceptors (Lipinski definition) is 4. The van der Waals surface area contributed by atoms with Gasteiger partial charge in [-0.25, -0.2) is 9.97 Å². The van der Waals surface area contributed by atoms with Crippen molar-refractivity contribution in [1.29, 1.82) is 0 Å². The van der Waals surface area contributed by atoms with E-state index < -0.39 is 0 Å². The van der Waals surface area contributed by atoms with E-state index in [0.29, 0.717) is 11.1 Å². The number of nitrogens with one attached hydrogen (secondary N) is 1. The number of hydrogen-bond donors (Lipinski definition) is 1. The molecule has 0 fully saturated rings. The Labute approximate surface area is 116 Å². The van der Waals surface area contributed by atoms with Gasteiger partial charge < -0.3 is 5.32 Å². The molecular weight excluding hydrogens is 266 g/mol. The van der Waals surface area contributed by atoms with Gasteiger partial charge in [0.25, 0.3) is 0 Å². The van der Waals surface area contributed by atoms with E-state index in [4.69, 9.17) is 11.6 Å². The van der Waals surface area contributed by atoms with E-state index in [9.17, 15) is 0 Å². The predicted octanol–water partition coefficient (Wildman–Crippen LogP) is 3.97. The van der Waals surface area contributed by atoms with Crippen molar-refractivity contribution in [3.63, 3.8) is 0 Å². The van der Waals surface area contributed by atoms with Crippen LogP contribution < -0.4 is 5.32 Å². The van der Waals surface area contributed by atoms with Gasteiger partial charge in [0.2, 0.25) is 0 Å². The molecule has 0 spiro atoms. The molecule has 0 radical (unpaired) electrons. The lowest BCUT2D eigenvalue weighted by molar-refractivity contribution is 0.843. The molecule has 0 aliphatic rings. The summed E-state index contributed by atoms with van der Waals surface area (Å²) in [6, 6.07) is 2.14. The van der Waals surface area contributed by atoms with E-state index in [1.165, 1.54) is 11.9 Å². The fourth-order valence-electron chi connectivity index (χ4n) is 1.79. The van der Waals surface area contributed by atoms with Crippen LogP contribution in [0, 0.1) is 0 Å². The lowest BCUT2D eigenvalue weighted by Crippen LogP contribution is -2.10. The molecule has 18 heavy (non-hydrogen) atoms. The van der Waals surface area contributed by atoms with E-state index >= 15 is 0 Å². The summed E-state index contributed by atoms with van der Waals surface area (Å²) in [7, 11) is 0. The van der Waals surface area contributed by atoms with Crippen LogP contribution in [0.4, 0.5) is 5.82 Å². The minimum Gasteiger partial charge on any atom is -0.369 e. The molecule has 0 aromatic carbocycles. The van der Waals surface area contributed by atoms with E-state index in [1.807, 2.05) is 0 Å². The average Bonchev–Trinajstić information content (AvgIpc) is 2.81. The zero-order chi connectivity index (χ0) is 13.0. The molecule has 3 nitrogen and oxygen atoms in total. The van der Waals surface area contributed by atoms with Crippen LogP contribution in [0.3, 0.4) is 0 Å². The van der Waals surface area contributed by atoms with Crippen molar-refractivity contribution in [1.82, 2.24) is 9.97 Å². The van der Waals surface area contributed by atoms with Gasteiger partial charge in [-0.15, -0.1) is 0 Å². The summed E-state index contributed by atoms with van der Waals surface area (Å²) >= 11 is 7.84. The van der Waals surface area contributed by atoms with Crippen molar-refractivity contribution in [2.45, 2.75) is 26.2 Å². The maximum atomic E-state index is 6.11. The smallest absolute Gasteiger partial charge is 0.138 e. The van der Waals surface area contributed by atoms with Crippen molar-refractivity contribution in [2.75, 3.05) is 11.9 Å². The van der Waals surface area contributed by atoms with E-state index in [-0.39, 0.29) is 0 Å². The fourth-order valence-corrected chi connectivity index (χ4v) is 2.84. The van der Waals surface area contributed by atoms with Gasteiger partial charge in [0.15, 0.2) is 0 Å². The molecule has 2 rings (SSSR count). The Hall–Kier alpha value is -1.13. The topological polar surface area (TPSA) is 37.8 Å². The highest BCUT2D eigenvalue weighted by molar-refractivity contribution is 7.07. The van der Waals surface area contributed by atoms with Gasteiger partial charge in [0.05, 0.1) is 0 Å².